The second-order valence-corrected chi connectivity index (χ2v) is 7.91. The Hall–Kier alpha value is -2.87. The highest BCUT2D eigenvalue weighted by molar-refractivity contribution is 5.93. The number of hydrogen-bond acceptors (Lipinski definition) is 2. The molecule has 0 heterocycles. The van der Waals surface area contributed by atoms with Gasteiger partial charge in [-0.25, -0.2) is 0 Å². The first-order chi connectivity index (χ1) is 13.8. The molecule has 0 amide bonds. The van der Waals surface area contributed by atoms with Crippen molar-refractivity contribution in [2.24, 2.45) is 5.92 Å². The van der Waals surface area contributed by atoms with Crippen molar-refractivity contribution in [3.05, 3.63) is 88.5 Å². The summed E-state index contributed by atoms with van der Waals surface area (Å²) in [7, 11) is 0. The van der Waals surface area contributed by atoms with E-state index in [-0.39, 0.29) is 11.9 Å². The van der Waals surface area contributed by atoms with Gasteiger partial charge in [-0.05, 0) is 70.7 Å². The smallest absolute Gasteiger partial charge is 0.309 e. The molecule has 0 aromatic heterocycles. The Morgan fingerprint density at radius 1 is 0.929 bits per heavy atom. The normalized spacial score (nSPS) is 17.8. The number of aryl methyl sites for hydroxylation is 2. The van der Waals surface area contributed by atoms with Gasteiger partial charge in [0.25, 0.3) is 0 Å². The zero-order valence-corrected chi connectivity index (χ0v) is 16.0. The van der Waals surface area contributed by atoms with Gasteiger partial charge < -0.3 is 4.74 Å². The van der Waals surface area contributed by atoms with Crippen molar-refractivity contribution in [3.8, 4) is 0 Å². The van der Waals surface area contributed by atoms with E-state index in [4.69, 9.17) is 4.74 Å². The van der Waals surface area contributed by atoms with Crippen molar-refractivity contribution in [3.63, 3.8) is 0 Å². The van der Waals surface area contributed by atoms with Crippen LogP contribution in [-0.4, -0.2) is 5.97 Å². The molecule has 0 radical (unpaired) electrons. The molecule has 0 saturated heterocycles. The summed E-state index contributed by atoms with van der Waals surface area (Å²) in [6, 6.07) is 19.0. The monoisotopic (exact) mass is 368 g/mol. The summed E-state index contributed by atoms with van der Waals surface area (Å²) >= 11 is 0. The summed E-state index contributed by atoms with van der Waals surface area (Å²) in [6.07, 6.45) is 9.32. The Morgan fingerprint density at radius 2 is 1.75 bits per heavy atom. The van der Waals surface area contributed by atoms with Gasteiger partial charge in [-0.1, -0.05) is 66.7 Å². The van der Waals surface area contributed by atoms with Crippen molar-refractivity contribution in [2.45, 2.75) is 38.7 Å². The fourth-order valence-corrected chi connectivity index (χ4v) is 4.67. The van der Waals surface area contributed by atoms with Crippen LogP contribution in [0.25, 0.3) is 16.8 Å². The molecule has 140 valence electrons. The second-order valence-electron chi connectivity index (χ2n) is 7.91. The Labute approximate surface area is 165 Å². The summed E-state index contributed by atoms with van der Waals surface area (Å²) in [4.78, 5) is 12.7. The number of esters is 1. The summed E-state index contributed by atoms with van der Waals surface area (Å²) < 4.78 is 5.64. The van der Waals surface area contributed by atoms with Crippen molar-refractivity contribution < 1.29 is 9.53 Å². The van der Waals surface area contributed by atoms with E-state index in [1.165, 1.54) is 33.0 Å². The van der Waals surface area contributed by atoms with Crippen LogP contribution in [0.4, 0.5) is 0 Å². The van der Waals surface area contributed by atoms with Crippen LogP contribution in [0.2, 0.25) is 0 Å². The van der Waals surface area contributed by atoms with E-state index in [1.54, 1.807) is 0 Å². The van der Waals surface area contributed by atoms with E-state index in [9.17, 15) is 4.79 Å². The first kappa shape index (κ1) is 17.2. The summed E-state index contributed by atoms with van der Waals surface area (Å²) in [5, 5.41) is 2.69. The molecule has 5 rings (SSSR count). The molecule has 0 N–H and O–H groups in total. The lowest BCUT2D eigenvalue weighted by atomic mass is 9.80. The number of carbonyl (C=O) groups is 1. The average molecular weight is 368 g/mol. The Morgan fingerprint density at radius 3 is 2.64 bits per heavy atom. The summed E-state index contributed by atoms with van der Waals surface area (Å²) in [5.74, 6) is -0.106. The van der Waals surface area contributed by atoms with Gasteiger partial charge in [0.2, 0.25) is 0 Å². The maximum atomic E-state index is 12.7. The lowest BCUT2D eigenvalue weighted by molar-refractivity contribution is -0.150. The topological polar surface area (TPSA) is 26.3 Å². The number of fused-ring (bicyclic) bond motifs is 5. The van der Waals surface area contributed by atoms with Gasteiger partial charge >= 0.3 is 5.97 Å². The van der Waals surface area contributed by atoms with E-state index >= 15 is 0 Å². The third-order valence-corrected chi connectivity index (χ3v) is 6.19. The Balaban J connectivity index is 1.40. The molecule has 2 aliphatic rings. The Bertz CT molecular complexity index is 1060. The first-order valence-electron chi connectivity index (χ1n) is 10.2. The lowest BCUT2D eigenvalue weighted by Gasteiger charge is -2.26. The SMILES string of the molecule is O=C(OCc1ccccc1)C1CCc2ccc3c4c(ccc3c2C1)C=CCC4. The fourth-order valence-electron chi connectivity index (χ4n) is 4.67. The zero-order valence-electron chi connectivity index (χ0n) is 16.0. The van der Waals surface area contributed by atoms with E-state index in [0.717, 1.165) is 37.7 Å². The molecule has 1 atom stereocenters. The molecular weight excluding hydrogens is 344 g/mol. The minimum Gasteiger partial charge on any atom is -0.461 e. The third kappa shape index (κ3) is 3.13. The van der Waals surface area contributed by atoms with Crippen LogP contribution in [0.3, 0.4) is 0 Å². The maximum Gasteiger partial charge on any atom is 0.309 e. The predicted molar refractivity (Wildman–Crippen MR) is 113 cm³/mol. The minimum atomic E-state index is -0.0626. The summed E-state index contributed by atoms with van der Waals surface area (Å²) in [5.41, 5.74) is 6.58. The van der Waals surface area contributed by atoms with Crippen LogP contribution in [0.1, 0.15) is 40.7 Å². The largest absolute Gasteiger partial charge is 0.461 e. The standard InChI is InChI=1S/C26H24O2/c27-26(28-17-18-6-2-1-3-7-18)21-11-10-20-13-14-23-22-9-5-4-8-19(22)12-15-24(23)25(20)16-21/h1-4,6-8,12-15,21H,5,9-11,16-17H2. The molecule has 3 aromatic carbocycles. The van der Waals surface area contributed by atoms with Gasteiger partial charge in [0.1, 0.15) is 6.61 Å². The first-order valence-corrected chi connectivity index (χ1v) is 10.2. The highest BCUT2D eigenvalue weighted by Gasteiger charge is 2.27. The van der Waals surface area contributed by atoms with Crippen molar-refractivity contribution >= 4 is 22.8 Å². The van der Waals surface area contributed by atoms with Crippen molar-refractivity contribution in [1.82, 2.24) is 0 Å². The number of benzene rings is 3. The van der Waals surface area contributed by atoms with Gasteiger partial charge in [0.05, 0.1) is 5.92 Å². The molecule has 1 unspecified atom stereocenters. The average Bonchev–Trinajstić information content (AvgIpc) is 2.77. The van der Waals surface area contributed by atoms with E-state index in [2.05, 4.69) is 36.4 Å². The molecule has 28 heavy (non-hydrogen) atoms. The number of rotatable bonds is 3. The van der Waals surface area contributed by atoms with Crippen LogP contribution in [0.5, 0.6) is 0 Å². The molecular formula is C26H24O2. The van der Waals surface area contributed by atoms with Gasteiger partial charge in [-0.3, -0.25) is 4.79 Å². The summed E-state index contributed by atoms with van der Waals surface area (Å²) in [6.45, 7) is 0.360. The number of carbonyl (C=O) groups excluding carboxylic acids is 1. The highest BCUT2D eigenvalue weighted by atomic mass is 16.5. The second kappa shape index (κ2) is 7.27. The quantitative estimate of drug-likeness (QED) is 0.559. The maximum absolute atomic E-state index is 12.7. The molecule has 2 aliphatic carbocycles. The number of ether oxygens (including phenoxy) is 1. The number of allylic oxidation sites excluding steroid dienone is 1. The van der Waals surface area contributed by atoms with Crippen LogP contribution in [-0.2, 0) is 35.4 Å². The molecule has 2 heteroatoms. The predicted octanol–water partition coefficient (Wildman–Crippen LogP) is 5.65. The molecule has 0 spiro atoms. The van der Waals surface area contributed by atoms with Gasteiger partial charge in [-0.2, -0.15) is 0 Å². The molecule has 0 bridgehead atoms. The molecule has 0 saturated carbocycles. The number of hydrogen-bond donors (Lipinski definition) is 0. The third-order valence-electron chi connectivity index (χ3n) is 6.19. The van der Waals surface area contributed by atoms with Crippen LogP contribution < -0.4 is 0 Å². The van der Waals surface area contributed by atoms with Crippen molar-refractivity contribution in [2.75, 3.05) is 0 Å². The lowest BCUT2D eigenvalue weighted by Crippen LogP contribution is -2.25. The van der Waals surface area contributed by atoms with Crippen LogP contribution in [0, 0.1) is 5.92 Å². The van der Waals surface area contributed by atoms with Gasteiger partial charge in [-0.15, -0.1) is 0 Å². The van der Waals surface area contributed by atoms with Crippen molar-refractivity contribution in [1.29, 1.82) is 0 Å². The van der Waals surface area contributed by atoms with Crippen LogP contribution >= 0.6 is 0 Å². The molecule has 0 fully saturated rings. The molecule has 2 nitrogen and oxygen atoms in total. The van der Waals surface area contributed by atoms with E-state index in [1.807, 2.05) is 30.3 Å². The fraction of sp³-hybridized carbons (Fsp3) is 0.269. The van der Waals surface area contributed by atoms with E-state index in [0.29, 0.717) is 6.61 Å². The van der Waals surface area contributed by atoms with Gasteiger partial charge in [0.15, 0.2) is 0 Å². The Kier molecular flexibility index (Phi) is 4.48. The minimum absolute atomic E-state index is 0.0438. The zero-order chi connectivity index (χ0) is 18.9. The van der Waals surface area contributed by atoms with Gasteiger partial charge in [0, 0.05) is 0 Å². The van der Waals surface area contributed by atoms with E-state index < -0.39 is 0 Å². The molecule has 3 aromatic rings. The molecule has 0 aliphatic heterocycles. The highest BCUT2D eigenvalue weighted by Crippen LogP contribution is 2.36. The van der Waals surface area contributed by atoms with Crippen LogP contribution in [0.15, 0.2) is 60.7 Å².